The van der Waals surface area contributed by atoms with Crippen LogP contribution >= 0.6 is 0 Å². The second-order valence-electron chi connectivity index (χ2n) is 8.87. The summed E-state index contributed by atoms with van der Waals surface area (Å²) < 4.78 is 0. The molecule has 178 valence electrons. The van der Waals surface area contributed by atoms with Crippen LogP contribution in [0.2, 0.25) is 0 Å². The number of para-hydroxylation sites is 1. The highest BCUT2D eigenvalue weighted by Gasteiger charge is 2.28. The summed E-state index contributed by atoms with van der Waals surface area (Å²) in [6, 6.07) is 4.49. The van der Waals surface area contributed by atoms with E-state index >= 15 is 0 Å². The summed E-state index contributed by atoms with van der Waals surface area (Å²) in [4.78, 5) is 54.0. The second kappa shape index (κ2) is 9.51. The van der Waals surface area contributed by atoms with Crippen molar-refractivity contribution in [3.05, 3.63) is 44.2 Å². The Bertz CT molecular complexity index is 1110. The average Bonchev–Trinajstić information content (AvgIpc) is 2.80. The van der Waals surface area contributed by atoms with Gasteiger partial charge in [-0.2, -0.15) is 0 Å². The van der Waals surface area contributed by atoms with Crippen molar-refractivity contribution in [2.75, 3.05) is 50.9 Å². The maximum atomic E-state index is 13.0. The lowest BCUT2D eigenvalue weighted by Gasteiger charge is -2.36. The van der Waals surface area contributed by atoms with Crippen LogP contribution in [0.1, 0.15) is 31.1 Å². The molecule has 0 spiro atoms. The van der Waals surface area contributed by atoms with E-state index in [9.17, 15) is 24.3 Å². The van der Waals surface area contributed by atoms with E-state index in [4.69, 9.17) is 0 Å². The van der Waals surface area contributed by atoms with Crippen molar-refractivity contribution in [1.29, 1.82) is 0 Å². The zero-order valence-corrected chi connectivity index (χ0v) is 19.6. The Morgan fingerprint density at radius 3 is 2.12 bits per heavy atom. The first kappa shape index (κ1) is 24.1. The van der Waals surface area contributed by atoms with Gasteiger partial charge in [-0.25, -0.2) is 4.79 Å². The van der Waals surface area contributed by atoms with Gasteiger partial charge in [-0.1, -0.05) is 19.9 Å². The van der Waals surface area contributed by atoms with E-state index in [0.717, 1.165) is 0 Å². The molecule has 0 aromatic heterocycles. The number of rotatable bonds is 6. The van der Waals surface area contributed by atoms with Gasteiger partial charge in [0.15, 0.2) is 5.75 Å². The molecule has 0 unspecified atom stereocenters. The number of aromatic hydroxyl groups is 1. The maximum absolute atomic E-state index is 13.0. The molecule has 10 nitrogen and oxygen atoms in total. The largest absolute Gasteiger partial charge is 0.505 e. The van der Waals surface area contributed by atoms with Crippen molar-refractivity contribution in [1.82, 2.24) is 14.7 Å². The monoisotopic (exact) mass is 457 g/mol. The molecule has 1 aliphatic rings. The Morgan fingerprint density at radius 1 is 0.970 bits per heavy atom. The molecule has 3 rings (SSSR count). The summed E-state index contributed by atoms with van der Waals surface area (Å²) in [5.74, 6) is -0.430. The highest BCUT2D eigenvalue weighted by Crippen LogP contribution is 2.32. The summed E-state index contributed by atoms with van der Waals surface area (Å²) in [5.41, 5.74) is -0.791. The molecule has 3 amide bonds. The fraction of sp³-hybridized carbons (Fsp3) is 0.478. The SMILES string of the molecule is CC(C)[C@H](C)Nc1c(Nc2cccc(C(=O)N3CCN(C(=O)N(C)C)CC3)c2O)c(=O)c1=O. The summed E-state index contributed by atoms with van der Waals surface area (Å²) in [7, 11) is 3.35. The molecule has 0 aliphatic carbocycles. The van der Waals surface area contributed by atoms with Crippen LogP contribution in [-0.4, -0.2) is 78.1 Å². The minimum Gasteiger partial charge on any atom is -0.505 e. The van der Waals surface area contributed by atoms with Crippen LogP contribution in [0.25, 0.3) is 0 Å². The first-order chi connectivity index (χ1) is 15.5. The van der Waals surface area contributed by atoms with Crippen LogP contribution in [0, 0.1) is 5.92 Å². The minimum absolute atomic E-state index is 0.0339. The standard InChI is InChI=1S/C23H31N5O5/c1-13(2)14(3)24-17-18(21(31)20(17)30)25-16-8-6-7-15(19(16)29)22(32)27-9-11-28(12-10-27)23(33)26(4)5/h6-8,13-14,24-25,29H,9-12H2,1-5H3/t14-/m0/s1. The Kier molecular flexibility index (Phi) is 6.95. The van der Waals surface area contributed by atoms with Crippen LogP contribution in [0.5, 0.6) is 5.75 Å². The Morgan fingerprint density at radius 2 is 1.55 bits per heavy atom. The van der Waals surface area contributed by atoms with Gasteiger partial charge >= 0.3 is 6.03 Å². The van der Waals surface area contributed by atoms with Crippen molar-refractivity contribution in [2.24, 2.45) is 5.92 Å². The minimum atomic E-state index is -0.675. The number of carbonyl (C=O) groups excluding carboxylic acids is 2. The zero-order valence-electron chi connectivity index (χ0n) is 19.6. The Labute approximate surface area is 192 Å². The van der Waals surface area contributed by atoms with Crippen LogP contribution in [0.3, 0.4) is 0 Å². The third-order valence-electron chi connectivity index (χ3n) is 6.03. The van der Waals surface area contributed by atoms with Gasteiger partial charge in [0.1, 0.15) is 11.4 Å². The van der Waals surface area contributed by atoms with Crippen LogP contribution < -0.4 is 21.5 Å². The maximum Gasteiger partial charge on any atom is 0.319 e. The molecule has 1 saturated heterocycles. The van der Waals surface area contributed by atoms with E-state index in [1.54, 1.807) is 30.0 Å². The van der Waals surface area contributed by atoms with Crippen molar-refractivity contribution >= 4 is 29.0 Å². The number of amides is 3. The van der Waals surface area contributed by atoms with Crippen LogP contribution in [-0.2, 0) is 0 Å². The number of nitrogens with one attached hydrogen (secondary N) is 2. The fourth-order valence-corrected chi connectivity index (χ4v) is 3.55. The first-order valence-electron chi connectivity index (χ1n) is 11.0. The molecule has 1 atom stereocenters. The average molecular weight is 458 g/mol. The summed E-state index contributed by atoms with van der Waals surface area (Å²) >= 11 is 0. The van der Waals surface area contributed by atoms with E-state index in [0.29, 0.717) is 26.2 Å². The summed E-state index contributed by atoms with van der Waals surface area (Å²) in [5, 5.41) is 16.6. The molecule has 33 heavy (non-hydrogen) atoms. The number of phenolic OH excluding ortho intramolecular Hbond substituents is 1. The Balaban J connectivity index is 1.76. The van der Waals surface area contributed by atoms with Gasteiger partial charge in [0.2, 0.25) is 0 Å². The highest BCUT2D eigenvalue weighted by atomic mass is 16.3. The van der Waals surface area contributed by atoms with Crippen molar-refractivity contribution < 1.29 is 14.7 Å². The van der Waals surface area contributed by atoms with Gasteiger partial charge < -0.3 is 30.4 Å². The summed E-state index contributed by atoms with van der Waals surface area (Å²) in [6.07, 6.45) is 0. The molecule has 10 heteroatoms. The number of phenols is 1. The lowest BCUT2D eigenvalue weighted by Crippen LogP contribution is -2.52. The molecule has 1 fully saturated rings. The van der Waals surface area contributed by atoms with E-state index in [1.165, 1.54) is 17.0 Å². The molecular weight excluding hydrogens is 426 g/mol. The predicted molar refractivity (Wildman–Crippen MR) is 127 cm³/mol. The molecule has 0 radical (unpaired) electrons. The topological polar surface area (TPSA) is 122 Å². The van der Waals surface area contributed by atoms with E-state index in [1.807, 2.05) is 20.8 Å². The van der Waals surface area contributed by atoms with Crippen LogP contribution in [0.4, 0.5) is 21.9 Å². The quantitative estimate of drug-likeness (QED) is 0.445. The molecule has 1 heterocycles. The molecule has 1 aliphatic heterocycles. The van der Waals surface area contributed by atoms with E-state index < -0.39 is 10.9 Å². The van der Waals surface area contributed by atoms with Gasteiger partial charge in [-0.3, -0.25) is 14.4 Å². The van der Waals surface area contributed by atoms with Gasteiger partial charge in [0.25, 0.3) is 16.8 Å². The number of anilines is 3. The lowest BCUT2D eigenvalue weighted by atomic mass is 10.0. The molecule has 2 aromatic carbocycles. The highest BCUT2D eigenvalue weighted by molar-refractivity contribution is 5.99. The van der Waals surface area contributed by atoms with Gasteiger partial charge in [0, 0.05) is 46.3 Å². The van der Waals surface area contributed by atoms with E-state index in [2.05, 4.69) is 10.6 Å². The number of carbonyl (C=O) groups is 2. The number of hydrogen-bond donors (Lipinski definition) is 3. The van der Waals surface area contributed by atoms with Gasteiger partial charge in [-0.05, 0) is 25.0 Å². The molecule has 0 bridgehead atoms. The van der Waals surface area contributed by atoms with Gasteiger partial charge in [-0.15, -0.1) is 0 Å². The van der Waals surface area contributed by atoms with Crippen molar-refractivity contribution in [3.8, 4) is 5.75 Å². The second-order valence-corrected chi connectivity index (χ2v) is 8.87. The lowest BCUT2D eigenvalue weighted by molar-refractivity contribution is 0.0647. The van der Waals surface area contributed by atoms with Crippen molar-refractivity contribution in [2.45, 2.75) is 26.8 Å². The molecule has 3 N–H and O–H groups in total. The first-order valence-corrected chi connectivity index (χ1v) is 11.0. The third-order valence-corrected chi connectivity index (χ3v) is 6.03. The van der Waals surface area contributed by atoms with Gasteiger partial charge in [0.05, 0.1) is 11.3 Å². The number of piperazine rings is 1. The summed E-state index contributed by atoms with van der Waals surface area (Å²) in [6.45, 7) is 7.38. The third kappa shape index (κ3) is 4.79. The fourth-order valence-electron chi connectivity index (χ4n) is 3.55. The normalized spacial score (nSPS) is 15.0. The van der Waals surface area contributed by atoms with E-state index in [-0.39, 0.29) is 52.3 Å². The molecule has 2 aromatic rings. The Hall–Kier alpha value is -3.56. The number of benzene rings is 1. The molecular formula is C23H31N5O5. The van der Waals surface area contributed by atoms with Crippen LogP contribution in [0.15, 0.2) is 27.8 Å². The van der Waals surface area contributed by atoms with Crippen molar-refractivity contribution in [3.63, 3.8) is 0 Å². The zero-order chi connectivity index (χ0) is 24.4. The number of urea groups is 1. The molecule has 0 saturated carbocycles. The number of nitrogens with zero attached hydrogens (tertiary/aromatic N) is 3. The predicted octanol–water partition coefficient (Wildman–Crippen LogP) is 1.63. The smallest absolute Gasteiger partial charge is 0.319 e. The number of hydrogen-bond acceptors (Lipinski definition) is 7.